The smallest absolute Gasteiger partial charge is 0.120 e. The van der Waals surface area contributed by atoms with E-state index in [1.165, 1.54) is 11.1 Å². The SMILES string of the molecule is Cn1cnc2ccc(-c3cccc(OC[C@H](O)CN4CCc5ccccc5C4)c3)cc21. The zero-order valence-electron chi connectivity index (χ0n) is 17.7. The van der Waals surface area contributed by atoms with Crippen LogP contribution in [-0.2, 0) is 20.0 Å². The fourth-order valence-electron chi connectivity index (χ4n) is 4.32. The Hall–Kier alpha value is -3.15. The molecule has 1 N–H and O–H groups in total. The lowest BCUT2D eigenvalue weighted by Gasteiger charge is -2.30. The zero-order chi connectivity index (χ0) is 21.2. The number of fused-ring (bicyclic) bond motifs is 2. The molecular formula is C26H27N3O2. The second-order valence-corrected chi connectivity index (χ2v) is 8.31. The van der Waals surface area contributed by atoms with E-state index in [-0.39, 0.29) is 6.61 Å². The number of β-amino-alcohol motifs (C(OH)–C–C–N with tert-alkyl or cyclic N) is 1. The first-order valence-electron chi connectivity index (χ1n) is 10.8. The van der Waals surface area contributed by atoms with Crippen LogP contribution in [0.2, 0.25) is 0 Å². The lowest BCUT2D eigenvalue weighted by Crippen LogP contribution is -2.38. The first kappa shape index (κ1) is 19.8. The second kappa shape index (κ2) is 8.53. The average Bonchev–Trinajstić information content (AvgIpc) is 3.18. The molecule has 0 aliphatic carbocycles. The molecule has 4 aromatic rings. The fraction of sp³-hybridized carbons (Fsp3) is 0.269. The van der Waals surface area contributed by atoms with Crippen molar-refractivity contribution in [2.75, 3.05) is 19.7 Å². The molecule has 3 aromatic carbocycles. The summed E-state index contributed by atoms with van der Waals surface area (Å²) in [5.41, 5.74) is 7.08. The van der Waals surface area contributed by atoms with E-state index < -0.39 is 6.10 Å². The van der Waals surface area contributed by atoms with Gasteiger partial charge in [0.05, 0.1) is 17.4 Å². The first-order valence-corrected chi connectivity index (χ1v) is 10.8. The Morgan fingerprint density at radius 1 is 1.00 bits per heavy atom. The number of nitrogens with zero attached hydrogens (tertiary/aromatic N) is 3. The van der Waals surface area contributed by atoms with Crippen LogP contribution in [0.4, 0.5) is 0 Å². The molecule has 0 saturated carbocycles. The number of aryl methyl sites for hydroxylation is 1. The van der Waals surface area contributed by atoms with Crippen molar-refractivity contribution in [3.8, 4) is 16.9 Å². The van der Waals surface area contributed by atoms with Gasteiger partial charge in [0.1, 0.15) is 18.5 Å². The molecular weight excluding hydrogens is 386 g/mol. The van der Waals surface area contributed by atoms with Gasteiger partial charge in [-0.25, -0.2) is 4.98 Å². The standard InChI is InChI=1S/C26H27N3O2/c1-28-18-27-25-10-9-21(14-26(25)28)20-7-4-8-24(13-20)31-17-23(30)16-29-12-11-19-5-2-3-6-22(19)15-29/h2-10,13-14,18,23,30H,11-12,15-17H2,1H3/t23-/m1/s1. The van der Waals surface area contributed by atoms with Crippen molar-refractivity contribution in [2.24, 2.45) is 7.05 Å². The summed E-state index contributed by atoms with van der Waals surface area (Å²) >= 11 is 0. The highest BCUT2D eigenvalue weighted by atomic mass is 16.5. The fourth-order valence-corrected chi connectivity index (χ4v) is 4.32. The number of benzene rings is 3. The lowest BCUT2D eigenvalue weighted by atomic mass is 10.00. The molecule has 158 valence electrons. The number of aliphatic hydroxyl groups excluding tert-OH is 1. The minimum Gasteiger partial charge on any atom is -0.491 e. The van der Waals surface area contributed by atoms with Gasteiger partial charge in [-0.3, -0.25) is 4.90 Å². The molecule has 1 aromatic heterocycles. The molecule has 1 aliphatic heterocycles. The van der Waals surface area contributed by atoms with Gasteiger partial charge < -0.3 is 14.4 Å². The summed E-state index contributed by atoms with van der Waals surface area (Å²) in [5, 5.41) is 10.5. The number of aromatic nitrogens is 2. The molecule has 2 heterocycles. The van der Waals surface area contributed by atoms with Gasteiger partial charge >= 0.3 is 0 Å². The summed E-state index contributed by atoms with van der Waals surface area (Å²) in [5.74, 6) is 0.769. The van der Waals surface area contributed by atoms with Crippen molar-refractivity contribution >= 4 is 11.0 Å². The van der Waals surface area contributed by atoms with Crippen LogP contribution in [0.25, 0.3) is 22.2 Å². The molecule has 0 saturated heterocycles. The van der Waals surface area contributed by atoms with E-state index in [0.717, 1.165) is 47.4 Å². The molecule has 0 radical (unpaired) electrons. The van der Waals surface area contributed by atoms with E-state index in [2.05, 4.69) is 52.3 Å². The largest absolute Gasteiger partial charge is 0.491 e. The normalized spacial score (nSPS) is 15.0. The third-order valence-electron chi connectivity index (χ3n) is 6.01. The molecule has 5 heteroatoms. The maximum Gasteiger partial charge on any atom is 0.120 e. The topological polar surface area (TPSA) is 50.5 Å². The van der Waals surface area contributed by atoms with E-state index in [1.807, 2.05) is 42.2 Å². The second-order valence-electron chi connectivity index (χ2n) is 8.31. The minimum atomic E-state index is -0.528. The van der Waals surface area contributed by atoms with Crippen LogP contribution in [0, 0.1) is 0 Å². The summed E-state index contributed by atoms with van der Waals surface area (Å²) in [6.07, 6.45) is 2.34. The maximum atomic E-state index is 10.5. The summed E-state index contributed by atoms with van der Waals surface area (Å²) in [6, 6.07) is 22.9. The van der Waals surface area contributed by atoms with Gasteiger partial charge in [0, 0.05) is 26.7 Å². The van der Waals surface area contributed by atoms with Crippen LogP contribution in [0.15, 0.2) is 73.1 Å². The summed E-state index contributed by atoms with van der Waals surface area (Å²) < 4.78 is 7.97. The molecule has 31 heavy (non-hydrogen) atoms. The van der Waals surface area contributed by atoms with Crippen LogP contribution in [0.5, 0.6) is 5.75 Å². The van der Waals surface area contributed by atoms with Crippen LogP contribution < -0.4 is 4.74 Å². The van der Waals surface area contributed by atoms with Crippen LogP contribution in [-0.4, -0.2) is 45.4 Å². The zero-order valence-corrected chi connectivity index (χ0v) is 17.7. The highest BCUT2D eigenvalue weighted by Crippen LogP contribution is 2.27. The Labute approximate surface area is 182 Å². The summed E-state index contributed by atoms with van der Waals surface area (Å²) in [4.78, 5) is 6.69. The number of aliphatic hydroxyl groups is 1. The van der Waals surface area contributed by atoms with Gasteiger partial charge in [-0.2, -0.15) is 0 Å². The van der Waals surface area contributed by atoms with Gasteiger partial charge in [-0.05, 0) is 52.9 Å². The van der Waals surface area contributed by atoms with E-state index in [1.54, 1.807) is 0 Å². The monoisotopic (exact) mass is 413 g/mol. The molecule has 1 atom stereocenters. The van der Waals surface area contributed by atoms with Gasteiger partial charge in [-0.1, -0.05) is 42.5 Å². The Morgan fingerprint density at radius 2 is 1.84 bits per heavy atom. The van der Waals surface area contributed by atoms with Crippen molar-refractivity contribution in [2.45, 2.75) is 19.1 Å². The van der Waals surface area contributed by atoms with E-state index in [9.17, 15) is 5.11 Å². The molecule has 0 unspecified atom stereocenters. The molecule has 5 nitrogen and oxygen atoms in total. The first-order chi connectivity index (χ1) is 15.2. The van der Waals surface area contributed by atoms with Gasteiger partial charge in [-0.15, -0.1) is 0 Å². The van der Waals surface area contributed by atoms with Gasteiger partial charge in [0.15, 0.2) is 0 Å². The van der Waals surface area contributed by atoms with E-state index >= 15 is 0 Å². The third-order valence-corrected chi connectivity index (χ3v) is 6.01. The summed E-state index contributed by atoms with van der Waals surface area (Å²) in [6.45, 7) is 2.76. The highest BCUT2D eigenvalue weighted by Gasteiger charge is 2.18. The molecule has 5 rings (SSSR count). The number of ether oxygens (including phenoxy) is 1. The third kappa shape index (κ3) is 4.33. The van der Waals surface area contributed by atoms with Crippen molar-refractivity contribution < 1.29 is 9.84 Å². The lowest BCUT2D eigenvalue weighted by molar-refractivity contribution is 0.0638. The van der Waals surface area contributed by atoms with Gasteiger partial charge in [0.2, 0.25) is 0 Å². The Balaban J connectivity index is 1.21. The molecule has 0 fully saturated rings. The molecule has 1 aliphatic rings. The quantitative estimate of drug-likeness (QED) is 0.518. The van der Waals surface area contributed by atoms with Gasteiger partial charge in [0.25, 0.3) is 0 Å². The summed E-state index contributed by atoms with van der Waals surface area (Å²) in [7, 11) is 2.00. The molecule has 0 amide bonds. The van der Waals surface area contributed by atoms with Crippen LogP contribution in [0.3, 0.4) is 0 Å². The van der Waals surface area contributed by atoms with E-state index in [0.29, 0.717) is 6.54 Å². The Bertz CT molecular complexity index is 1200. The predicted molar refractivity (Wildman–Crippen MR) is 123 cm³/mol. The Morgan fingerprint density at radius 3 is 2.74 bits per heavy atom. The Kier molecular flexibility index (Phi) is 5.45. The number of rotatable bonds is 6. The van der Waals surface area contributed by atoms with Crippen molar-refractivity contribution in [3.63, 3.8) is 0 Å². The number of hydrogen-bond acceptors (Lipinski definition) is 4. The maximum absolute atomic E-state index is 10.5. The average molecular weight is 414 g/mol. The van der Waals surface area contributed by atoms with Crippen molar-refractivity contribution in [1.82, 2.24) is 14.5 Å². The number of imidazole rings is 1. The van der Waals surface area contributed by atoms with Crippen molar-refractivity contribution in [1.29, 1.82) is 0 Å². The van der Waals surface area contributed by atoms with E-state index in [4.69, 9.17) is 4.74 Å². The number of hydrogen-bond donors (Lipinski definition) is 1. The van der Waals surface area contributed by atoms with Crippen LogP contribution >= 0.6 is 0 Å². The minimum absolute atomic E-state index is 0.280. The predicted octanol–water partition coefficient (Wildman–Crippen LogP) is 4.04. The highest BCUT2D eigenvalue weighted by molar-refractivity contribution is 5.82. The molecule has 0 bridgehead atoms. The molecule has 0 spiro atoms. The van der Waals surface area contributed by atoms with Crippen LogP contribution in [0.1, 0.15) is 11.1 Å². The van der Waals surface area contributed by atoms with Crippen molar-refractivity contribution in [3.05, 3.63) is 84.2 Å².